The maximum Gasteiger partial charge on any atom is 0.0590 e. The van der Waals surface area contributed by atoms with Gasteiger partial charge in [-0.1, -0.05) is 64.8 Å². The molecule has 0 radical (unpaired) electrons. The standard InChI is InChI=1S/C17H20BrN/c1-4-19-17(14-7-5-6-8-16(14)18)15-11-12(2)9-10-13(15)3/h5-11,17,19H,4H2,1-3H3. The van der Waals surface area contributed by atoms with Crippen LogP contribution in [0.4, 0.5) is 0 Å². The molecule has 0 heterocycles. The minimum absolute atomic E-state index is 0.237. The van der Waals surface area contributed by atoms with Crippen LogP contribution in [0.15, 0.2) is 46.9 Å². The molecule has 0 aliphatic rings. The van der Waals surface area contributed by atoms with Crippen LogP contribution in [0.3, 0.4) is 0 Å². The SMILES string of the molecule is CCNC(c1cc(C)ccc1C)c1ccccc1Br. The van der Waals surface area contributed by atoms with Crippen LogP contribution >= 0.6 is 15.9 Å². The molecule has 19 heavy (non-hydrogen) atoms. The topological polar surface area (TPSA) is 12.0 Å². The van der Waals surface area contributed by atoms with Crippen LogP contribution < -0.4 is 5.32 Å². The summed E-state index contributed by atoms with van der Waals surface area (Å²) < 4.78 is 1.15. The average molecular weight is 318 g/mol. The zero-order chi connectivity index (χ0) is 13.8. The van der Waals surface area contributed by atoms with Gasteiger partial charge in [-0.2, -0.15) is 0 Å². The summed E-state index contributed by atoms with van der Waals surface area (Å²) in [4.78, 5) is 0. The Hall–Kier alpha value is -1.12. The molecule has 0 aliphatic carbocycles. The normalized spacial score (nSPS) is 12.4. The molecule has 0 aromatic heterocycles. The highest BCUT2D eigenvalue weighted by Gasteiger charge is 2.17. The fraction of sp³-hybridized carbons (Fsp3) is 0.294. The first-order valence-electron chi connectivity index (χ1n) is 6.68. The van der Waals surface area contributed by atoms with Gasteiger partial charge in [0.05, 0.1) is 6.04 Å². The van der Waals surface area contributed by atoms with Crippen LogP contribution in [0, 0.1) is 13.8 Å². The van der Waals surface area contributed by atoms with E-state index in [-0.39, 0.29) is 6.04 Å². The van der Waals surface area contributed by atoms with Gasteiger partial charge in [-0.05, 0) is 43.1 Å². The molecule has 1 nitrogen and oxygen atoms in total. The Morgan fingerprint density at radius 2 is 1.79 bits per heavy atom. The fourth-order valence-electron chi connectivity index (χ4n) is 2.37. The van der Waals surface area contributed by atoms with Gasteiger partial charge in [0.15, 0.2) is 0 Å². The van der Waals surface area contributed by atoms with Crippen molar-refractivity contribution in [3.05, 3.63) is 69.2 Å². The van der Waals surface area contributed by atoms with Crippen LogP contribution in [0.2, 0.25) is 0 Å². The largest absolute Gasteiger partial charge is 0.306 e. The molecule has 2 aromatic rings. The molecule has 1 N–H and O–H groups in total. The molecule has 0 aliphatic heterocycles. The van der Waals surface area contributed by atoms with Crippen molar-refractivity contribution < 1.29 is 0 Å². The van der Waals surface area contributed by atoms with Crippen LogP contribution in [0.25, 0.3) is 0 Å². The van der Waals surface area contributed by atoms with Gasteiger partial charge >= 0.3 is 0 Å². The van der Waals surface area contributed by atoms with Crippen LogP contribution in [0.5, 0.6) is 0 Å². The Kier molecular flexibility index (Phi) is 4.78. The molecule has 0 saturated carbocycles. The summed E-state index contributed by atoms with van der Waals surface area (Å²) in [5.41, 5.74) is 5.27. The van der Waals surface area contributed by atoms with E-state index in [1.54, 1.807) is 0 Å². The number of halogens is 1. The van der Waals surface area contributed by atoms with E-state index in [4.69, 9.17) is 0 Å². The Bertz CT molecular complexity index is 563. The van der Waals surface area contributed by atoms with E-state index in [9.17, 15) is 0 Å². The van der Waals surface area contributed by atoms with E-state index in [1.165, 1.54) is 22.3 Å². The summed E-state index contributed by atoms with van der Waals surface area (Å²) >= 11 is 3.67. The predicted molar refractivity (Wildman–Crippen MR) is 85.6 cm³/mol. The molecule has 2 heteroatoms. The molecule has 2 aromatic carbocycles. The Morgan fingerprint density at radius 1 is 1.05 bits per heavy atom. The van der Waals surface area contributed by atoms with Crippen molar-refractivity contribution in [2.75, 3.05) is 6.54 Å². The second-order valence-electron chi connectivity index (χ2n) is 4.87. The van der Waals surface area contributed by atoms with Gasteiger partial charge in [0.2, 0.25) is 0 Å². The lowest BCUT2D eigenvalue weighted by atomic mass is 9.93. The van der Waals surface area contributed by atoms with Crippen molar-refractivity contribution in [1.82, 2.24) is 5.32 Å². The highest BCUT2D eigenvalue weighted by atomic mass is 79.9. The third-order valence-electron chi connectivity index (χ3n) is 3.37. The first-order valence-corrected chi connectivity index (χ1v) is 7.47. The first kappa shape index (κ1) is 14.3. The van der Waals surface area contributed by atoms with Gasteiger partial charge in [0.1, 0.15) is 0 Å². The number of aryl methyl sites for hydroxylation is 2. The predicted octanol–water partition coefficient (Wildman–Crippen LogP) is 4.76. The van der Waals surface area contributed by atoms with Gasteiger partial charge in [-0.25, -0.2) is 0 Å². The molecule has 0 saturated heterocycles. The minimum Gasteiger partial charge on any atom is -0.306 e. The Labute approximate surface area is 124 Å². The van der Waals surface area contributed by atoms with E-state index in [1.807, 2.05) is 0 Å². The summed E-state index contributed by atoms with van der Waals surface area (Å²) in [5.74, 6) is 0. The van der Waals surface area contributed by atoms with Crippen LogP contribution in [-0.2, 0) is 0 Å². The molecule has 0 amide bonds. The lowest BCUT2D eigenvalue weighted by molar-refractivity contribution is 0.625. The number of benzene rings is 2. The highest BCUT2D eigenvalue weighted by molar-refractivity contribution is 9.10. The van der Waals surface area contributed by atoms with Gasteiger partial charge in [-0.3, -0.25) is 0 Å². The maximum atomic E-state index is 3.67. The van der Waals surface area contributed by atoms with E-state index < -0.39 is 0 Å². The molecule has 100 valence electrons. The monoisotopic (exact) mass is 317 g/mol. The van der Waals surface area contributed by atoms with E-state index >= 15 is 0 Å². The lowest BCUT2D eigenvalue weighted by Crippen LogP contribution is -2.23. The third kappa shape index (κ3) is 3.26. The van der Waals surface area contributed by atoms with Crippen molar-refractivity contribution >= 4 is 15.9 Å². The summed E-state index contributed by atoms with van der Waals surface area (Å²) in [6.45, 7) is 7.41. The second kappa shape index (κ2) is 6.36. The van der Waals surface area contributed by atoms with E-state index in [0.717, 1.165) is 11.0 Å². The van der Waals surface area contributed by atoms with Gasteiger partial charge < -0.3 is 5.32 Å². The number of hydrogen-bond donors (Lipinski definition) is 1. The fourth-order valence-corrected chi connectivity index (χ4v) is 2.89. The quantitative estimate of drug-likeness (QED) is 0.856. The average Bonchev–Trinajstić information content (AvgIpc) is 2.40. The minimum atomic E-state index is 0.237. The van der Waals surface area contributed by atoms with Gasteiger partial charge in [0.25, 0.3) is 0 Å². The summed E-state index contributed by atoms with van der Waals surface area (Å²) in [7, 11) is 0. The van der Waals surface area contributed by atoms with Crippen molar-refractivity contribution in [3.8, 4) is 0 Å². The number of hydrogen-bond acceptors (Lipinski definition) is 1. The van der Waals surface area contributed by atoms with Crippen molar-refractivity contribution in [2.24, 2.45) is 0 Å². The van der Waals surface area contributed by atoms with Gasteiger partial charge in [-0.15, -0.1) is 0 Å². The van der Waals surface area contributed by atoms with Gasteiger partial charge in [0, 0.05) is 4.47 Å². The Balaban J connectivity index is 2.51. The maximum absolute atomic E-state index is 3.67. The second-order valence-corrected chi connectivity index (χ2v) is 5.73. The molecular formula is C17H20BrN. The molecule has 1 unspecified atom stereocenters. The summed E-state index contributed by atoms with van der Waals surface area (Å²) in [6, 6.07) is 15.3. The molecular weight excluding hydrogens is 298 g/mol. The van der Waals surface area contributed by atoms with Crippen molar-refractivity contribution in [3.63, 3.8) is 0 Å². The summed E-state index contributed by atoms with van der Waals surface area (Å²) in [5, 5.41) is 3.59. The van der Waals surface area contributed by atoms with Crippen molar-refractivity contribution in [2.45, 2.75) is 26.8 Å². The Morgan fingerprint density at radius 3 is 2.47 bits per heavy atom. The van der Waals surface area contributed by atoms with Crippen LogP contribution in [-0.4, -0.2) is 6.54 Å². The molecule has 0 fully saturated rings. The van der Waals surface area contributed by atoms with E-state index in [0.29, 0.717) is 0 Å². The van der Waals surface area contributed by atoms with E-state index in [2.05, 4.69) is 84.5 Å². The summed E-state index contributed by atoms with van der Waals surface area (Å²) in [6.07, 6.45) is 0. The molecule has 1 atom stereocenters. The smallest absolute Gasteiger partial charge is 0.0590 e. The molecule has 2 rings (SSSR count). The number of nitrogens with one attached hydrogen (secondary N) is 1. The zero-order valence-electron chi connectivity index (χ0n) is 11.7. The molecule has 0 bridgehead atoms. The first-order chi connectivity index (χ1) is 9.13. The number of rotatable bonds is 4. The highest BCUT2D eigenvalue weighted by Crippen LogP contribution is 2.30. The van der Waals surface area contributed by atoms with Crippen LogP contribution in [0.1, 0.15) is 35.2 Å². The molecule has 0 spiro atoms. The lowest BCUT2D eigenvalue weighted by Gasteiger charge is -2.22. The third-order valence-corrected chi connectivity index (χ3v) is 4.09. The van der Waals surface area contributed by atoms with Crippen molar-refractivity contribution in [1.29, 1.82) is 0 Å². The zero-order valence-corrected chi connectivity index (χ0v) is 13.3.